The molecule has 0 saturated carbocycles. The van der Waals surface area contributed by atoms with Gasteiger partial charge in [0.15, 0.2) is 0 Å². The number of pyridine rings is 1. The predicted octanol–water partition coefficient (Wildman–Crippen LogP) is 1.29. The zero-order valence-corrected chi connectivity index (χ0v) is 13.8. The number of hydrogen-bond donors (Lipinski definition) is 0. The van der Waals surface area contributed by atoms with Crippen molar-refractivity contribution in [2.45, 2.75) is 24.3 Å². The first-order valence-corrected chi connectivity index (χ1v) is 8.93. The zero-order chi connectivity index (χ0) is 16.3. The Labute approximate surface area is 136 Å². The van der Waals surface area contributed by atoms with E-state index in [-0.39, 0.29) is 4.90 Å². The first-order chi connectivity index (χ1) is 11.1. The van der Waals surface area contributed by atoms with Gasteiger partial charge in [0.1, 0.15) is 10.7 Å². The molecule has 0 unspecified atom stereocenters. The van der Waals surface area contributed by atoms with Crippen LogP contribution in [0.3, 0.4) is 0 Å². The van der Waals surface area contributed by atoms with Gasteiger partial charge >= 0.3 is 0 Å². The van der Waals surface area contributed by atoms with Crippen molar-refractivity contribution >= 4 is 15.8 Å². The molecular weight excluding hydrogens is 314 g/mol. The highest BCUT2D eigenvalue weighted by Gasteiger charge is 2.27. The van der Waals surface area contributed by atoms with Crippen LogP contribution in [0.4, 0.5) is 5.82 Å². The smallest absolute Gasteiger partial charge is 0.244 e. The maximum absolute atomic E-state index is 12.5. The number of sulfonamides is 1. The Bertz CT molecular complexity index is 743. The van der Waals surface area contributed by atoms with Crippen molar-refractivity contribution in [2.75, 3.05) is 25.0 Å². The Morgan fingerprint density at radius 3 is 2.52 bits per heavy atom. The summed E-state index contributed by atoms with van der Waals surface area (Å²) in [7, 11) is -1.53. The lowest BCUT2D eigenvalue weighted by atomic mass is 10.4. The molecule has 122 valence electrons. The van der Waals surface area contributed by atoms with Gasteiger partial charge in [-0.15, -0.1) is 0 Å². The summed E-state index contributed by atoms with van der Waals surface area (Å²) in [4.78, 5) is 14.7. The number of hydrogen-bond acceptors (Lipinski definition) is 6. The largest absolute Gasteiger partial charge is 0.354 e. The van der Waals surface area contributed by atoms with Crippen LogP contribution in [-0.4, -0.2) is 47.8 Å². The van der Waals surface area contributed by atoms with Crippen LogP contribution in [0.5, 0.6) is 0 Å². The maximum Gasteiger partial charge on any atom is 0.244 e. The van der Waals surface area contributed by atoms with E-state index in [4.69, 9.17) is 0 Å². The lowest BCUT2D eigenvalue weighted by molar-refractivity contribution is 0.477. The molecular formula is C15H19N5O2S. The minimum atomic E-state index is -3.41. The highest BCUT2D eigenvalue weighted by molar-refractivity contribution is 7.89. The number of nitrogens with zero attached hydrogens (tertiary/aromatic N) is 5. The monoisotopic (exact) mass is 333 g/mol. The molecule has 1 aliphatic rings. The van der Waals surface area contributed by atoms with Gasteiger partial charge in [-0.2, -0.15) is 4.31 Å². The molecule has 3 rings (SSSR count). The molecule has 0 radical (unpaired) electrons. The van der Waals surface area contributed by atoms with E-state index in [9.17, 15) is 8.42 Å². The van der Waals surface area contributed by atoms with Crippen molar-refractivity contribution in [3.63, 3.8) is 0 Å². The molecule has 0 N–H and O–H groups in total. The van der Waals surface area contributed by atoms with Crippen molar-refractivity contribution < 1.29 is 8.42 Å². The zero-order valence-electron chi connectivity index (χ0n) is 13.0. The highest BCUT2D eigenvalue weighted by atomic mass is 32.2. The van der Waals surface area contributed by atoms with Gasteiger partial charge in [-0.3, -0.25) is 9.97 Å². The Morgan fingerprint density at radius 2 is 1.91 bits per heavy atom. The fourth-order valence-corrected chi connectivity index (χ4v) is 4.03. The first-order valence-electron chi connectivity index (χ1n) is 7.49. The summed E-state index contributed by atoms with van der Waals surface area (Å²) in [5.74, 6) is 0.691. The van der Waals surface area contributed by atoms with Gasteiger partial charge in [-0.1, -0.05) is 0 Å². The van der Waals surface area contributed by atoms with Crippen LogP contribution >= 0.6 is 0 Å². The minimum Gasteiger partial charge on any atom is -0.354 e. The molecule has 0 bridgehead atoms. The normalized spacial score (nSPS) is 15.7. The van der Waals surface area contributed by atoms with Crippen molar-refractivity contribution in [2.24, 2.45) is 0 Å². The molecule has 0 atom stereocenters. The number of anilines is 1. The van der Waals surface area contributed by atoms with Gasteiger partial charge in [-0.25, -0.2) is 13.4 Å². The Balaban J connectivity index is 1.74. The second-order valence-electron chi connectivity index (χ2n) is 5.52. The highest BCUT2D eigenvalue weighted by Crippen LogP contribution is 2.21. The van der Waals surface area contributed by atoms with Crippen LogP contribution in [0.2, 0.25) is 0 Å². The van der Waals surface area contributed by atoms with Crippen LogP contribution in [0.1, 0.15) is 18.5 Å². The lowest BCUT2D eigenvalue weighted by Gasteiger charge is -2.19. The van der Waals surface area contributed by atoms with Gasteiger partial charge in [0.2, 0.25) is 10.0 Å². The molecule has 2 aromatic heterocycles. The molecule has 0 aliphatic carbocycles. The van der Waals surface area contributed by atoms with E-state index >= 15 is 0 Å². The van der Waals surface area contributed by atoms with Crippen molar-refractivity contribution in [1.29, 1.82) is 0 Å². The maximum atomic E-state index is 12.5. The van der Waals surface area contributed by atoms with Crippen LogP contribution in [0.25, 0.3) is 0 Å². The molecule has 0 amide bonds. The van der Waals surface area contributed by atoms with Crippen molar-refractivity contribution in [1.82, 2.24) is 19.3 Å². The van der Waals surface area contributed by atoms with Gasteiger partial charge in [0.25, 0.3) is 0 Å². The SMILES string of the molecule is CN(Cc1cnccn1)c1ccc(S(=O)(=O)N2CCCC2)cn1. The van der Waals surface area contributed by atoms with Crippen molar-refractivity contribution in [3.05, 3.63) is 42.6 Å². The molecule has 2 aromatic rings. The van der Waals surface area contributed by atoms with Gasteiger partial charge in [0.05, 0.1) is 18.4 Å². The average molecular weight is 333 g/mol. The van der Waals surface area contributed by atoms with E-state index in [1.165, 1.54) is 10.5 Å². The third-order valence-corrected chi connectivity index (χ3v) is 5.71. The van der Waals surface area contributed by atoms with Gasteiger partial charge in [-0.05, 0) is 25.0 Å². The standard InChI is InChI=1S/C15H19N5O2S/c1-19(12-13-10-16-6-7-17-13)15-5-4-14(11-18-15)23(21,22)20-8-2-3-9-20/h4-7,10-11H,2-3,8-9,12H2,1H3. The molecule has 7 nitrogen and oxygen atoms in total. The Kier molecular flexibility index (Phi) is 4.53. The third kappa shape index (κ3) is 3.48. The van der Waals surface area contributed by atoms with Crippen LogP contribution in [0.15, 0.2) is 41.8 Å². The molecule has 0 spiro atoms. The first kappa shape index (κ1) is 15.8. The fraction of sp³-hybridized carbons (Fsp3) is 0.400. The number of rotatable bonds is 5. The summed E-state index contributed by atoms with van der Waals surface area (Å²) < 4.78 is 26.4. The predicted molar refractivity (Wildman–Crippen MR) is 86.4 cm³/mol. The third-order valence-electron chi connectivity index (χ3n) is 3.83. The summed E-state index contributed by atoms with van der Waals surface area (Å²) in [6.07, 6.45) is 8.23. The quantitative estimate of drug-likeness (QED) is 0.820. The van der Waals surface area contributed by atoms with Crippen LogP contribution in [-0.2, 0) is 16.6 Å². The van der Waals surface area contributed by atoms with E-state index in [2.05, 4.69) is 15.0 Å². The lowest BCUT2D eigenvalue weighted by Crippen LogP contribution is -2.28. The summed E-state index contributed by atoms with van der Waals surface area (Å²) in [6.45, 7) is 1.74. The Hall–Kier alpha value is -2.06. The molecule has 8 heteroatoms. The summed E-state index contributed by atoms with van der Waals surface area (Å²) in [5, 5.41) is 0. The second kappa shape index (κ2) is 6.59. The van der Waals surface area contributed by atoms with Gasteiger partial charge in [0, 0.05) is 38.7 Å². The minimum absolute atomic E-state index is 0.246. The van der Waals surface area contributed by atoms with E-state index in [0.717, 1.165) is 18.5 Å². The molecule has 1 fully saturated rings. The molecule has 1 aliphatic heterocycles. The van der Waals surface area contributed by atoms with Crippen LogP contribution in [0, 0.1) is 0 Å². The van der Waals surface area contributed by atoms with Gasteiger partial charge < -0.3 is 4.90 Å². The van der Waals surface area contributed by atoms with Crippen molar-refractivity contribution in [3.8, 4) is 0 Å². The van der Waals surface area contributed by atoms with Crippen LogP contribution < -0.4 is 4.90 Å². The molecule has 23 heavy (non-hydrogen) atoms. The molecule has 1 saturated heterocycles. The summed E-state index contributed by atoms with van der Waals surface area (Å²) >= 11 is 0. The van der Waals surface area contributed by atoms with E-state index in [1.54, 1.807) is 30.7 Å². The van der Waals surface area contributed by atoms with E-state index in [1.807, 2.05) is 11.9 Å². The summed E-state index contributed by atoms with van der Waals surface area (Å²) in [5.41, 5.74) is 0.825. The molecule has 3 heterocycles. The number of aromatic nitrogens is 3. The topological polar surface area (TPSA) is 79.3 Å². The van der Waals surface area contributed by atoms with E-state index < -0.39 is 10.0 Å². The average Bonchev–Trinajstić information content (AvgIpc) is 3.11. The fourth-order valence-electron chi connectivity index (χ4n) is 2.56. The summed E-state index contributed by atoms with van der Waals surface area (Å²) in [6, 6.07) is 3.34. The van der Waals surface area contributed by atoms with E-state index in [0.29, 0.717) is 25.5 Å². The molecule has 0 aromatic carbocycles. The Morgan fingerprint density at radius 1 is 1.13 bits per heavy atom. The second-order valence-corrected chi connectivity index (χ2v) is 7.45.